The second-order valence-electron chi connectivity index (χ2n) is 3.61. The van der Waals surface area contributed by atoms with E-state index in [1.807, 2.05) is 12.1 Å². The van der Waals surface area contributed by atoms with E-state index in [9.17, 15) is 0 Å². The molecule has 0 amide bonds. The van der Waals surface area contributed by atoms with Gasteiger partial charge < -0.3 is 5.11 Å². The van der Waals surface area contributed by atoms with E-state index in [0.717, 1.165) is 6.42 Å². The Morgan fingerprint density at radius 3 is 1.86 bits per heavy atom. The highest BCUT2D eigenvalue weighted by molar-refractivity contribution is 5.27. The molecule has 1 aromatic carbocycles. The van der Waals surface area contributed by atoms with E-state index in [1.165, 1.54) is 12.0 Å². The molecule has 0 heterocycles. The first-order valence-corrected chi connectivity index (χ1v) is 5.44. The summed E-state index contributed by atoms with van der Waals surface area (Å²) in [6.45, 7) is 8.60. The highest BCUT2D eigenvalue weighted by atomic mass is 16.3. The van der Waals surface area contributed by atoms with Gasteiger partial charge in [0.05, 0.1) is 0 Å². The average Bonchev–Trinajstić information content (AvgIpc) is 2.19. The second-order valence-corrected chi connectivity index (χ2v) is 3.61. The third-order valence-corrected chi connectivity index (χ3v) is 2.07. The van der Waals surface area contributed by atoms with Crippen molar-refractivity contribution in [3.05, 3.63) is 29.8 Å². The van der Waals surface area contributed by atoms with E-state index in [0.29, 0.717) is 11.7 Å². The third kappa shape index (κ3) is 4.90. The van der Waals surface area contributed by atoms with Crippen molar-refractivity contribution < 1.29 is 5.11 Å². The van der Waals surface area contributed by atoms with Crippen molar-refractivity contribution in [2.24, 2.45) is 0 Å². The first-order chi connectivity index (χ1) is 6.65. The van der Waals surface area contributed by atoms with Crippen LogP contribution in [0.1, 0.15) is 52.0 Å². The van der Waals surface area contributed by atoms with Gasteiger partial charge in [-0.25, -0.2) is 0 Å². The van der Waals surface area contributed by atoms with Gasteiger partial charge in [0, 0.05) is 0 Å². The molecular weight excluding hydrogens is 172 g/mol. The standard InChI is InChI=1S/C10H14O.C3H8/c1-3-8(2)9-4-6-10(11)7-5-9;1-3-2/h4-8,11H,3H2,1-2H3;3H2,1-2H3. The lowest BCUT2D eigenvalue weighted by Crippen LogP contribution is -1.89. The van der Waals surface area contributed by atoms with Crippen LogP contribution in [0.2, 0.25) is 0 Å². The summed E-state index contributed by atoms with van der Waals surface area (Å²) in [4.78, 5) is 0. The SMILES string of the molecule is CCC.CCC(C)c1ccc(O)cc1. The molecule has 1 nitrogen and oxygen atoms in total. The molecule has 0 bridgehead atoms. The van der Waals surface area contributed by atoms with Crippen molar-refractivity contribution in [2.75, 3.05) is 0 Å². The quantitative estimate of drug-likeness (QED) is 0.743. The van der Waals surface area contributed by atoms with E-state index < -0.39 is 0 Å². The van der Waals surface area contributed by atoms with Crippen LogP contribution in [0.15, 0.2) is 24.3 Å². The lowest BCUT2D eigenvalue weighted by atomic mass is 9.99. The van der Waals surface area contributed by atoms with Crippen molar-refractivity contribution in [2.45, 2.75) is 46.5 Å². The Labute approximate surface area is 87.8 Å². The second kappa shape index (κ2) is 7.43. The summed E-state index contributed by atoms with van der Waals surface area (Å²) in [6.07, 6.45) is 2.39. The van der Waals surface area contributed by atoms with Crippen LogP contribution >= 0.6 is 0 Å². The molecule has 80 valence electrons. The normalized spacial score (nSPS) is 11.4. The minimum absolute atomic E-state index is 0.344. The molecular formula is C13H22O. The number of hydrogen-bond donors (Lipinski definition) is 1. The minimum Gasteiger partial charge on any atom is -0.508 e. The Bertz CT molecular complexity index is 225. The first kappa shape index (κ1) is 13.0. The molecule has 1 aromatic rings. The van der Waals surface area contributed by atoms with Gasteiger partial charge in [-0.1, -0.05) is 46.2 Å². The van der Waals surface area contributed by atoms with Crippen LogP contribution in [-0.2, 0) is 0 Å². The Morgan fingerprint density at radius 2 is 1.50 bits per heavy atom. The molecule has 0 aromatic heterocycles. The molecule has 0 aliphatic rings. The Kier molecular flexibility index (Phi) is 6.91. The van der Waals surface area contributed by atoms with Gasteiger partial charge in [-0.15, -0.1) is 0 Å². The number of phenols is 1. The van der Waals surface area contributed by atoms with Gasteiger partial charge in [0.25, 0.3) is 0 Å². The molecule has 1 N–H and O–H groups in total. The average molecular weight is 194 g/mol. The van der Waals surface area contributed by atoms with Crippen LogP contribution in [0, 0.1) is 0 Å². The molecule has 14 heavy (non-hydrogen) atoms. The monoisotopic (exact) mass is 194 g/mol. The number of aromatic hydroxyl groups is 1. The summed E-state index contributed by atoms with van der Waals surface area (Å²) in [5, 5.41) is 9.01. The summed E-state index contributed by atoms with van der Waals surface area (Å²) < 4.78 is 0. The maximum Gasteiger partial charge on any atom is 0.115 e. The number of benzene rings is 1. The predicted octanol–water partition coefficient (Wildman–Crippen LogP) is 4.32. The van der Waals surface area contributed by atoms with Crippen LogP contribution in [-0.4, -0.2) is 5.11 Å². The van der Waals surface area contributed by atoms with Gasteiger partial charge in [0.1, 0.15) is 5.75 Å². The molecule has 0 aliphatic heterocycles. The Morgan fingerprint density at radius 1 is 1.07 bits per heavy atom. The minimum atomic E-state index is 0.344. The van der Waals surface area contributed by atoms with Crippen molar-refractivity contribution in [3.63, 3.8) is 0 Å². The van der Waals surface area contributed by atoms with Gasteiger partial charge in [-0.2, -0.15) is 0 Å². The summed E-state index contributed by atoms with van der Waals surface area (Å²) >= 11 is 0. The van der Waals surface area contributed by atoms with Gasteiger partial charge in [0.15, 0.2) is 0 Å². The molecule has 0 spiro atoms. The maximum absolute atomic E-state index is 9.01. The van der Waals surface area contributed by atoms with Gasteiger partial charge in [0.2, 0.25) is 0 Å². The van der Waals surface area contributed by atoms with Crippen molar-refractivity contribution in [3.8, 4) is 5.75 Å². The fourth-order valence-corrected chi connectivity index (χ4v) is 1.04. The highest BCUT2D eigenvalue weighted by Crippen LogP contribution is 2.20. The molecule has 0 radical (unpaired) electrons. The van der Waals surface area contributed by atoms with E-state index in [2.05, 4.69) is 27.7 Å². The Hall–Kier alpha value is -0.980. The highest BCUT2D eigenvalue weighted by Gasteiger charge is 2.00. The lowest BCUT2D eigenvalue weighted by Gasteiger charge is -2.07. The molecule has 0 aliphatic carbocycles. The fraction of sp³-hybridized carbons (Fsp3) is 0.538. The molecule has 0 saturated heterocycles. The number of hydrogen-bond acceptors (Lipinski definition) is 1. The summed E-state index contributed by atoms with van der Waals surface area (Å²) in [5.74, 6) is 0.938. The van der Waals surface area contributed by atoms with Crippen LogP contribution in [0.5, 0.6) is 5.75 Å². The third-order valence-electron chi connectivity index (χ3n) is 2.07. The number of phenolic OH excluding ortho intramolecular Hbond substituents is 1. The maximum atomic E-state index is 9.01. The van der Waals surface area contributed by atoms with Crippen LogP contribution in [0.3, 0.4) is 0 Å². The summed E-state index contributed by atoms with van der Waals surface area (Å²) in [6, 6.07) is 7.43. The topological polar surface area (TPSA) is 20.2 Å². The molecule has 1 heteroatoms. The smallest absolute Gasteiger partial charge is 0.115 e. The molecule has 0 saturated carbocycles. The van der Waals surface area contributed by atoms with Crippen molar-refractivity contribution in [1.82, 2.24) is 0 Å². The van der Waals surface area contributed by atoms with Crippen molar-refractivity contribution >= 4 is 0 Å². The van der Waals surface area contributed by atoms with Crippen LogP contribution in [0.25, 0.3) is 0 Å². The Balaban J connectivity index is 0.000000500. The van der Waals surface area contributed by atoms with E-state index in [-0.39, 0.29) is 0 Å². The molecule has 1 atom stereocenters. The molecule has 0 fully saturated rings. The zero-order valence-corrected chi connectivity index (χ0v) is 9.75. The first-order valence-electron chi connectivity index (χ1n) is 5.44. The van der Waals surface area contributed by atoms with Gasteiger partial charge >= 0.3 is 0 Å². The number of rotatable bonds is 2. The summed E-state index contributed by atoms with van der Waals surface area (Å²) in [5.41, 5.74) is 1.30. The molecule has 1 rings (SSSR count). The fourth-order valence-electron chi connectivity index (χ4n) is 1.04. The van der Waals surface area contributed by atoms with Crippen LogP contribution in [0.4, 0.5) is 0 Å². The van der Waals surface area contributed by atoms with Gasteiger partial charge in [-0.05, 0) is 30.0 Å². The molecule has 1 unspecified atom stereocenters. The zero-order valence-electron chi connectivity index (χ0n) is 9.75. The van der Waals surface area contributed by atoms with Gasteiger partial charge in [-0.3, -0.25) is 0 Å². The van der Waals surface area contributed by atoms with E-state index in [1.54, 1.807) is 12.1 Å². The lowest BCUT2D eigenvalue weighted by molar-refractivity contribution is 0.475. The predicted molar refractivity (Wildman–Crippen MR) is 62.8 cm³/mol. The van der Waals surface area contributed by atoms with E-state index in [4.69, 9.17) is 5.11 Å². The van der Waals surface area contributed by atoms with Crippen LogP contribution < -0.4 is 0 Å². The summed E-state index contributed by atoms with van der Waals surface area (Å²) in [7, 11) is 0. The zero-order chi connectivity index (χ0) is 11.0. The largest absolute Gasteiger partial charge is 0.508 e. The van der Waals surface area contributed by atoms with E-state index >= 15 is 0 Å². The van der Waals surface area contributed by atoms with Crippen molar-refractivity contribution in [1.29, 1.82) is 0 Å².